The number of aliphatic hydroxyl groups excluding tert-OH is 1. The zero-order chi connectivity index (χ0) is 6.97. The highest BCUT2D eigenvalue weighted by molar-refractivity contribution is 5.77. The Balaban J connectivity index is 2.48. The molecule has 10 heavy (non-hydrogen) atoms. The van der Waals surface area contributed by atoms with Gasteiger partial charge >= 0.3 is 0 Å². The molecule has 5 nitrogen and oxygen atoms in total. The molecular weight excluding hydrogens is 132 g/mol. The van der Waals surface area contributed by atoms with E-state index in [9.17, 15) is 0 Å². The lowest BCUT2D eigenvalue weighted by Gasteiger charge is -2.10. The first-order chi connectivity index (χ1) is 4.88. The second-order valence-electron chi connectivity index (χ2n) is 2.00. The number of aliphatic imine (C=N–C) groups is 1. The smallest absolute Gasteiger partial charge is 0.178 e. The lowest BCUT2D eigenvalue weighted by atomic mass is 10.3. The maximum absolute atomic E-state index is 9.15. The average Bonchev–Trinajstić information content (AvgIpc) is 2.36. The summed E-state index contributed by atoms with van der Waals surface area (Å²) < 4.78 is 0. The maximum Gasteiger partial charge on any atom is 0.178 e. The van der Waals surface area contributed by atoms with Gasteiger partial charge in [0.1, 0.15) is 5.82 Å². The second kappa shape index (κ2) is 1.81. The van der Waals surface area contributed by atoms with Crippen LogP contribution < -0.4 is 5.32 Å². The molecule has 0 spiro atoms. The van der Waals surface area contributed by atoms with Crippen LogP contribution in [-0.2, 0) is 0 Å². The van der Waals surface area contributed by atoms with Crippen LogP contribution in [0.5, 0.6) is 0 Å². The first-order valence-electron chi connectivity index (χ1n) is 2.87. The van der Waals surface area contributed by atoms with Gasteiger partial charge in [-0.15, -0.1) is 0 Å². The van der Waals surface area contributed by atoms with Gasteiger partial charge in [0.25, 0.3) is 0 Å². The second-order valence-corrected chi connectivity index (χ2v) is 2.00. The van der Waals surface area contributed by atoms with Crippen LogP contribution in [0.25, 0.3) is 0 Å². The van der Waals surface area contributed by atoms with Crippen molar-refractivity contribution in [2.24, 2.45) is 4.99 Å². The monoisotopic (exact) mass is 138 g/mol. The molecule has 0 aliphatic carbocycles. The third kappa shape index (κ3) is 0.608. The van der Waals surface area contributed by atoms with Crippen molar-refractivity contribution in [2.75, 3.05) is 5.32 Å². The summed E-state index contributed by atoms with van der Waals surface area (Å²) in [6.07, 6.45) is 2.21. The minimum Gasteiger partial charge on any atom is -0.368 e. The Kier molecular flexibility index (Phi) is 0.983. The Hall–Kier alpha value is -1.36. The van der Waals surface area contributed by atoms with E-state index in [1.54, 1.807) is 6.20 Å². The van der Waals surface area contributed by atoms with Crippen molar-refractivity contribution < 1.29 is 5.11 Å². The summed E-state index contributed by atoms with van der Waals surface area (Å²) in [5, 5.41) is 18.4. The minimum atomic E-state index is -0.769. The number of hydrogen-bond donors (Lipinski definition) is 3. The molecule has 0 fully saturated rings. The van der Waals surface area contributed by atoms with Gasteiger partial charge in [-0.3, -0.25) is 5.10 Å². The molecule has 0 bridgehead atoms. The van der Waals surface area contributed by atoms with Gasteiger partial charge in [0.2, 0.25) is 0 Å². The maximum atomic E-state index is 9.15. The number of anilines is 1. The van der Waals surface area contributed by atoms with Crippen molar-refractivity contribution in [3.8, 4) is 0 Å². The third-order valence-electron chi connectivity index (χ3n) is 1.37. The van der Waals surface area contributed by atoms with Crippen molar-refractivity contribution in [1.82, 2.24) is 10.2 Å². The van der Waals surface area contributed by atoms with E-state index >= 15 is 0 Å². The van der Waals surface area contributed by atoms with E-state index in [2.05, 4.69) is 20.5 Å². The molecule has 1 aliphatic rings. The summed E-state index contributed by atoms with van der Waals surface area (Å²) in [4.78, 5) is 3.70. The number of rotatable bonds is 0. The molecule has 52 valence electrons. The first kappa shape index (κ1) is 5.43. The lowest BCUT2D eigenvalue weighted by molar-refractivity contribution is 0.189. The number of aliphatic hydroxyl groups is 1. The SMILES string of the molecule is OC1N=CNc2[nH]ncc21. The van der Waals surface area contributed by atoms with E-state index in [0.29, 0.717) is 11.4 Å². The zero-order valence-corrected chi connectivity index (χ0v) is 5.07. The number of aromatic amines is 1. The van der Waals surface area contributed by atoms with Crippen molar-refractivity contribution >= 4 is 12.2 Å². The Labute approximate surface area is 56.8 Å². The van der Waals surface area contributed by atoms with Gasteiger partial charge in [-0.1, -0.05) is 0 Å². The van der Waals surface area contributed by atoms with Gasteiger partial charge in [0.05, 0.1) is 18.1 Å². The summed E-state index contributed by atoms with van der Waals surface area (Å²) in [6, 6.07) is 0. The van der Waals surface area contributed by atoms with Crippen molar-refractivity contribution in [2.45, 2.75) is 6.23 Å². The molecule has 1 atom stereocenters. The molecule has 2 heterocycles. The largest absolute Gasteiger partial charge is 0.368 e. The van der Waals surface area contributed by atoms with E-state index in [1.807, 2.05) is 0 Å². The van der Waals surface area contributed by atoms with Crippen LogP contribution in [0.4, 0.5) is 5.82 Å². The zero-order valence-electron chi connectivity index (χ0n) is 5.07. The molecular formula is C5H6N4O. The molecule has 0 radical (unpaired) electrons. The van der Waals surface area contributed by atoms with Crippen molar-refractivity contribution in [3.05, 3.63) is 11.8 Å². The highest BCUT2D eigenvalue weighted by Crippen LogP contribution is 2.22. The van der Waals surface area contributed by atoms with Crippen LogP contribution >= 0.6 is 0 Å². The quantitative estimate of drug-likeness (QED) is 0.467. The molecule has 1 unspecified atom stereocenters. The first-order valence-corrected chi connectivity index (χ1v) is 2.87. The fourth-order valence-corrected chi connectivity index (χ4v) is 0.860. The molecule has 1 aromatic heterocycles. The van der Waals surface area contributed by atoms with Crippen LogP contribution in [0, 0.1) is 0 Å². The van der Waals surface area contributed by atoms with E-state index in [-0.39, 0.29) is 0 Å². The molecule has 5 heteroatoms. The Bertz CT molecular complexity index is 266. The van der Waals surface area contributed by atoms with Crippen LogP contribution in [-0.4, -0.2) is 21.6 Å². The average molecular weight is 138 g/mol. The summed E-state index contributed by atoms with van der Waals surface area (Å²) in [5.41, 5.74) is 0.683. The Morgan fingerprint density at radius 1 is 1.60 bits per heavy atom. The van der Waals surface area contributed by atoms with Gasteiger partial charge in [-0.2, -0.15) is 5.10 Å². The summed E-state index contributed by atoms with van der Waals surface area (Å²) in [6.45, 7) is 0. The molecule has 2 rings (SSSR count). The number of H-pyrrole nitrogens is 1. The number of nitrogens with one attached hydrogen (secondary N) is 2. The number of nitrogens with zero attached hydrogens (tertiary/aromatic N) is 2. The number of hydrogen-bond acceptors (Lipinski definition) is 4. The van der Waals surface area contributed by atoms with Crippen LogP contribution in [0.15, 0.2) is 11.2 Å². The normalized spacial score (nSPS) is 21.9. The van der Waals surface area contributed by atoms with E-state index in [0.717, 1.165) is 0 Å². The summed E-state index contributed by atoms with van der Waals surface area (Å²) >= 11 is 0. The van der Waals surface area contributed by atoms with Gasteiger partial charge in [0, 0.05) is 0 Å². The lowest BCUT2D eigenvalue weighted by Crippen LogP contribution is -2.08. The van der Waals surface area contributed by atoms with Gasteiger partial charge < -0.3 is 10.4 Å². The number of aromatic nitrogens is 2. The van der Waals surface area contributed by atoms with Crippen LogP contribution in [0.3, 0.4) is 0 Å². The van der Waals surface area contributed by atoms with Crippen LogP contribution in [0.2, 0.25) is 0 Å². The topological polar surface area (TPSA) is 73.3 Å². The van der Waals surface area contributed by atoms with E-state index < -0.39 is 6.23 Å². The predicted octanol–water partition coefficient (Wildman–Crippen LogP) is -0.146. The molecule has 0 saturated carbocycles. The molecule has 1 aliphatic heterocycles. The number of fused-ring (bicyclic) bond motifs is 1. The third-order valence-corrected chi connectivity index (χ3v) is 1.37. The van der Waals surface area contributed by atoms with Crippen molar-refractivity contribution in [3.63, 3.8) is 0 Å². The molecule has 0 amide bonds. The van der Waals surface area contributed by atoms with Gasteiger partial charge in [-0.25, -0.2) is 4.99 Å². The fraction of sp³-hybridized carbons (Fsp3) is 0.200. The fourth-order valence-electron chi connectivity index (χ4n) is 0.860. The predicted molar refractivity (Wildman–Crippen MR) is 35.7 cm³/mol. The standard InChI is InChI=1S/C5H6N4O/c10-5-3-1-8-9-4(3)6-2-7-5/h1-2,5,10H,(H2,6,7,8,9). The van der Waals surface area contributed by atoms with E-state index in [4.69, 9.17) is 5.11 Å². The summed E-state index contributed by atoms with van der Waals surface area (Å²) in [5.74, 6) is 0.711. The summed E-state index contributed by atoms with van der Waals surface area (Å²) in [7, 11) is 0. The highest BCUT2D eigenvalue weighted by Gasteiger charge is 2.15. The Morgan fingerprint density at radius 2 is 2.50 bits per heavy atom. The van der Waals surface area contributed by atoms with Crippen molar-refractivity contribution in [1.29, 1.82) is 0 Å². The molecule has 0 saturated heterocycles. The molecule has 0 aromatic carbocycles. The molecule has 3 N–H and O–H groups in total. The van der Waals surface area contributed by atoms with Crippen LogP contribution in [0.1, 0.15) is 11.8 Å². The van der Waals surface area contributed by atoms with E-state index in [1.165, 1.54) is 6.34 Å². The Morgan fingerprint density at radius 3 is 3.30 bits per heavy atom. The highest BCUT2D eigenvalue weighted by atomic mass is 16.3. The van der Waals surface area contributed by atoms with Gasteiger partial charge in [0.15, 0.2) is 6.23 Å². The minimum absolute atomic E-state index is 0.683. The van der Waals surface area contributed by atoms with Gasteiger partial charge in [-0.05, 0) is 0 Å². The molecule has 1 aromatic rings.